The topological polar surface area (TPSA) is 42.8 Å². The highest BCUT2D eigenvalue weighted by Crippen LogP contribution is 2.28. The van der Waals surface area contributed by atoms with Gasteiger partial charge >= 0.3 is 0 Å². The number of aromatic nitrogens is 1. The van der Waals surface area contributed by atoms with Gasteiger partial charge in [-0.3, -0.25) is 4.99 Å². The highest BCUT2D eigenvalue weighted by atomic mass is 79.9. The van der Waals surface area contributed by atoms with Crippen molar-refractivity contribution in [2.75, 3.05) is 7.05 Å². The highest BCUT2D eigenvalue weighted by molar-refractivity contribution is 9.10. The molecule has 6 heteroatoms. The first kappa shape index (κ1) is 16.1. The molecule has 4 rings (SSSR count). The van der Waals surface area contributed by atoms with Crippen molar-refractivity contribution in [3.8, 4) is 11.5 Å². The van der Waals surface area contributed by atoms with E-state index in [2.05, 4.69) is 26.0 Å². The van der Waals surface area contributed by atoms with Crippen LogP contribution in [-0.4, -0.2) is 17.9 Å². The molecule has 0 amide bonds. The zero-order valence-electron chi connectivity index (χ0n) is 13.4. The van der Waals surface area contributed by atoms with E-state index in [9.17, 15) is 0 Å². The van der Waals surface area contributed by atoms with Crippen molar-refractivity contribution in [2.24, 2.45) is 10.1 Å². The molecule has 0 bridgehead atoms. The summed E-state index contributed by atoms with van der Waals surface area (Å²) in [4.78, 5) is 5.12. The summed E-state index contributed by atoms with van der Waals surface area (Å²) in [6.45, 7) is 0. The molecule has 0 saturated heterocycles. The van der Waals surface area contributed by atoms with Crippen molar-refractivity contribution in [1.29, 1.82) is 0 Å². The Morgan fingerprint density at radius 1 is 1.12 bits per heavy atom. The Morgan fingerprint density at radius 3 is 2.72 bits per heavy atom. The Balaban J connectivity index is 1.83. The highest BCUT2D eigenvalue weighted by Gasteiger charge is 2.12. The molecule has 0 radical (unpaired) electrons. The summed E-state index contributed by atoms with van der Waals surface area (Å²) in [6.07, 6.45) is 1.82. The van der Waals surface area contributed by atoms with Gasteiger partial charge in [0.05, 0.1) is 6.21 Å². The summed E-state index contributed by atoms with van der Waals surface area (Å²) < 4.78 is 8.79. The van der Waals surface area contributed by atoms with Crippen molar-refractivity contribution in [2.45, 2.75) is 0 Å². The van der Waals surface area contributed by atoms with Crippen LogP contribution >= 0.6 is 27.3 Å². The lowest BCUT2D eigenvalue weighted by Gasteiger charge is -2.01. The Labute approximate surface area is 156 Å². The molecular formula is C19H14BrN3OS. The van der Waals surface area contributed by atoms with Gasteiger partial charge in [0.15, 0.2) is 5.76 Å². The maximum absolute atomic E-state index is 5.99. The predicted octanol–water partition coefficient (Wildman–Crippen LogP) is 5.14. The lowest BCUT2D eigenvalue weighted by atomic mass is 10.2. The van der Waals surface area contributed by atoms with Crippen LogP contribution in [0.1, 0.15) is 5.56 Å². The number of rotatable bonds is 3. The third-order valence-electron chi connectivity index (χ3n) is 3.77. The number of hydrogen-bond donors (Lipinski definition) is 0. The van der Waals surface area contributed by atoms with Gasteiger partial charge in [-0.1, -0.05) is 52.3 Å². The molecule has 2 aromatic carbocycles. The van der Waals surface area contributed by atoms with E-state index in [1.165, 1.54) is 11.3 Å². The fourth-order valence-corrected chi connectivity index (χ4v) is 3.71. The number of benzene rings is 2. The minimum atomic E-state index is 0.775. The third kappa shape index (κ3) is 3.10. The second-order valence-corrected chi connectivity index (χ2v) is 7.04. The number of fused-ring (bicyclic) bond motifs is 1. The van der Waals surface area contributed by atoms with Gasteiger partial charge in [-0.2, -0.15) is 5.10 Å². The number of nitrogens with zero attached hydrogens (tertiary/aromatic N) is 3. The molecule has 0 spiro atoms. The molecule has 2 heterocycles. The SMILES string of the molecule is CN=c1scc(-c2cc3ccccc3o2)n1N=Cc1ccccc1Br. The van der Waals surface area contributed by atoms with E-state index in [0.29, 0.717) is 0 Å². The van der Waals surface area contributed by atoms with Gasteiger partial charge < -0.3 is 4.42 Å². The molecule has 0 aliphatic carbocycles. The van der Waals surface area contributed by atoms with Gasteiger partial charge in [-0.15, -0.1) is 11.3 Å². The maximum Gasteiger partial charge on any atom is 0.206 e. The first-order chi connectivity index (χ1) is 12.3. The van der Waals surface area contributed by atoms with Crippen LogP contribution in [0.4, 0.5) is 0 Å². The zero-order chi connectivity index (χ0) is 17.2. The number of hydrogen-bond acceptors (Lipinski definition) is 4. The molecule has 2 aromatic heterocycles. The summed E-state index contributed by atoms with van der Waals surface area (Å²) in [5.74, 6) is 0.775. The van der Waals surface area contributed by atoms with Gasteiger partial charge in [0, 0.05) is 27.9 Å². The van der Waals surface area contributed by atoms with Crippen molar-refractivity contribution in [3.05, 3.63) is 74.8 Å². The molecule has 4 aromatic rings. The first-order valence-electron chi connectivity index (χ1n) is 7.67. The molecule has 25 heavy (non-hydrogen) atoms. The van der Waals surface area contributed by atoms with E-state index < -0.39 is 0 Å². The minimum absolute atomic E-state index is 0.775. The second kappa shape index (κ2) is 6.82. The van der Waals surface area contributed by atoms with Gasteiger partial charge in [0.1, 0.15) is 11.3 Å². The van der Waals surface area contributed by atoms with Crippen LogP contribution in [0.15, 0.2) is 79.0 Å². The van der Waals surface area contributed by atoms with Crippen LogP contribution in [-0.2, 0) is 0 Å². The van der Waals surface area contributed by atoms with E-state index in [1.54, 1.807) is 7.05 Å². The number of halogens is 1. The fourth-order valence-electron chi connectivity index (χ4n) is 2.54. The van der Waals surface area contributed by atoms with Gasteiger partial charge in [0.25, 0.3) is 0 Å². The summed E-state index contributed by atoms with van der Waals surface area (Å²) in [7, 11) is 1.76. The maximum atomic E-state index is 5.99. The standard InChI is InChI=1S/C19H14BrN3OS/c1-21-19-23(22-11-14-7-2-4-8-15(14)20)16(12-25-19)18-10-13-6-3-5-9-17(13)24-18/h2-12H,1H3. The lowest BCUT2D eigenvalue weighted by molar-refractivity contribution is 0.622. The summed E-state index contributed by atoms with van der Waals surface area (Å²) in [5, 5.41) is 7.71. The number of thiazole rings is 1. The van der Waals surface area contributed by atoms with Crippen LogP contribution in [0, 0.1) is 0 Å². The summed E-state index contributed by atoms with van der Waals surface area (Å²) in [5.41, 5.74) is 2.74. The molecular weight excluding hydrogens is 398 g/mol. The van der Waals surface area contributed by atoms with Crippen LogP contribution in [0.3, 0.4) is 0 Å². The van der Waals surface area contributed by atoms with Gasteiger partial charge in [-0.25, -0.2) is 4.68 Å². The average molecular weight is 412 g/mol. The quantitative estimate of drug-likeness (QED) is 0.430. The van der Waals surface area contributed by atoms with Gasteiger partial charge in [0.2, 0.25) is 4.80 Å². The second-order valence-electron chi connectivity index (χ2n) is 5.35. The van der Waals surface area contributed by atoms with Gasteiger partial charge in [-0.05, 0) is 18.2 Å². The Bertz CT molecular complexity index is 1100. The Morgan fingerprint density at radius 2 is 1.92 bits per heavy atom. The normalized spacial score (nSPS) is 12.5. The Kier molecular flexibility index (Phi) is 4.38. The average Bonchev–Trinajstić information content (AvgIpc) is 3.24. The van der Waals surface area contributed by atoms with Crippen LogP contribution in [0.5, 0.6) is 0 Å². The molecule has 0 N–H and O–H groups in total. The predicted molar refractivity (Wildman–Crippen MR) is 106 cm³/mol. The molecule has 0 aliphatic heterocycles. The van der Waals surface area contributed by atoms with E-state index in [4.69, 9.17) is 4.42 Å². The molecule has 0 unspecified atom stereocenters. The third-order valence-corrected chi connectivity index (χ3v) is 5.40. The van der Waals surface area contributed by atoms with Crippen molar-refractivity contribution in [3.63, 3.8) is 0 Å². The fraction of sp³-hybridized carbons (Fsp3) is 0.0526. The van der Waals surface area contributed by atoms with Crippen LogP contribution in [0.25, 0.3) is 22.4 Å². The monoisotopic (exact) mass is 411 g/mol. The molecule has 124 valence electrons. The largest absolute Gasteiger partial charge is 0.454 e. The molecule has 0 aliphatic rings. The number of para-hydroxylation sites is 1. The minimum Gasteiger partial charge on any atom is -0.454 e. The van der Waals surface area contributed by atoms with Crippen LogP contribution < -0.4 is 4.80 Å². The van der Waals surface area contributed by atoms with Crippen molar-refractivity contribution in [1.82, 2.24) is 4.68 Å². The van der Waals surface area contributed by atoms with Crippen molar-refractivity contribution >= 4 is 44.5 Å². The van der Waals surface area contributed by atoms with Crippen molar-refractivity contribution < 1.29 is 4.42 Å². The molecule has 0 saturated carbocycles. The molecule has 4 nitrogen and oxygen atoms in total. The van der Waals surface area contributed by atoms with Crippen LogP contribution in [0.2, 0.25) is 0 Å². The number of furan rings is 1. The van der Waals surface area contributed by atoms with E-state index >= 15 is 0 Å². The lowest BCUT2D eigenvalue weighted by Crippen LogP contribution is -2.11. The first-order valence-corrected chi connectivity index (χ1v) is 9.35. The summed E-state index contributed by atoms with van der Waals surface area (Å²) in [6, 6.07) is 18.0. The zero-order valence-corrected chi connectivity index (χ0v) is 15.8. The molecule has 0 fully saturated rings. The molecule has 0 atom stereocenters. The summed E-state index contributed by atoms with van der Waals surface area (Å²) >= 11 is 5.07. The Hall–Kier alpha value is -2.44. The van der Waals surface area contributed by atoms with E-state index in [0.717, 1.165) is 37.3 Å². The van der Waals surface area contributed by atoms with E-state index in [-0.39, 0.29) is 0 Å². The van der Waals surface area contributed by atoms with E-state index in [1.807, 2.05) is 70.9 Å². The smallest absolute Gasteiger partial charge is 0.206 e.